The molecule has 0 fully saturated rings. The second-order valence-electron chi connectivity index (χ2n) is 4.12. The fourth-order valence-electron chi connectivity index (χ4n) is 1.85. The van der Waals surface area contributed by atoms with Crippen LogP contribution in [0.3, 0.4) is 0 Å². The third-order valence-corrected chi connectivity index (χ3v) is 2.83. The van der Waals surface area contributed by atoms with Crippen LogP contribution in [0.15, 0.2) is 37.2 Å². The molecule has 0 aliphatic carbocycles. The van der Waals surface area contributed by atoms with Crippen LogP contribution in [0.5, 0.6) is 0 Å². The maximum absolute atomic E-state index is 4.35. The number of rotatable bonds is 4. The van der Waals surface area contributed by atoms with Crippen LogP contribution in [0.1, 0.15) is 5.82 Å². The van der Waals surface area contributed by atoms with Crippen molar-refractivity contribution in [2.45, 2.75) is 6.42 Å². The first kappa shape index (κ1) is 11.5. The Morgan fingerprint density at radius 2 is 1.95 bits per heavy atom. The molecular formula is C12H13N7. The third kappa shape index (κ3) is 2.35. The highest BCUT2D eigenvalue weighted by atomic mass is 15.3. The lowest BCUT2D eigenvalue weighted by Crippen LogP contribution is -2.23. The lowest BCUT2D eigenvalue weighted by atomic mass is 10.3. The molecule has 0 atom stereocenters. The van der Waals surface area contributed by atoms with Crippen LogP contribution in [-0.2, 0) is 6.42 Å². The van der Waals surface area contributed by atoms with Gasteiger partial charge in [0.1, 0.15) is 12.2 Å². The molecule has 0 bridgehead atoms. The van der Waals surface area contributed by atoms with Crippen LogP contribution in [0.2, 0.25) is 0 Å². The number of hydrogen-bond acceptors (Lipinski definition) is 6. The summed E-state index contributed by atoms with van der Waals surface area (Å²) in [5.41, 5.74) is 0.749. The highest BCUT2D eigenvalue weighted by molar-refractivity contribution is 5.62. The number of likely N-dealkylation sites (N-methyl/N-ethyl adjacent to an activating group) is 1. The van der Waals surface area contributed by atoms with Crippen molar-refractivity contribution in [1.82, 2.24) is 29.5 Å². The Balaban J connectivity index is 1.77. The molecule has 3 rings (SSSR count). The molecule has 0 aliphatic rings. The van der Waals surface area contributed by atoms with Crippen LogP contribution >= 0.6 is 0 Å². The Bertz CT molecular complexity index is 664. The summed E-state index contributed by atoms with van der Waals surface area (Å²) in [5, 5.41) is 4.09. The fraction of sp³-hybridized carbons (Fsp3) is 0.250. The molecule has 0 saturated carbocycles. The maximum atomic E-state index is 4.35. The Hall–Kier alpha value is -2.57. The second kappa shape index (κ2) is 4.97. The number of fused-ring (bicyclic) bond motifs is 1. The summed E-state index contributed by atoms with van der Waals surface area (Å²) >= 11 is 0. The smallest absolute Gasteiger partial charge is 0.198 e. The van der Waals surface area contributed by atoms with E-state index in [0.717, 1.165) is 30.3 Å². The minimum absolute atomic E-state index is 0.749. The number of anilines is 1. The van der Waals surface area contributed by atoms with E-state index in [1.54, 1.807) is 29.3 Å². The van der Waals surface area contributed by atoms with Gasteiger partial charge < -0.3 is 4.90 Å². The highest BCUT2D eigenvalue weighted by Crippen LogP contribution is 2.14. The van der Waals surface area contributed by atoms with Crippen molar-refractivity contribution in [3.05, 3.63) is 43.0 Å². The van der Waals surface area contributed by atoms with E-state index in [1.165, 1.54) is 6.33 Å². The van der Waals surface area contributed by atoms with Crippen LogP contribution < -0.4 is 4.90 Å². The van der Waals surface area contributed by atoms with Gasteiger partial charge in [-0.3, -0.25) is 0 Å². The predicted octanol–water partition coefficient (Wildman–Crippen LogP) is 0.593. The topological polar surface area (TPSA) is 72.1 Å². The van der Waals surface area contributed by atoms with E-state index >= 15 is 0 Å². The van der Waals surface area contributed by atoms with E-state index in [4.69, 9.17) is 0 Å². The van der Waals surface area contributed by atoms with Gasteiger partial charge in [-0.15, -0.1) is 0 Å². The van der Waals surface area contributed by atoms with Crippen molar-refractivity contribution in [2.75, 3.05) is 18.5 Å². The molecule has 0 radical (unpaired) electrons. The van der Waals surface area contributed by atoms with Gasteiger partial charge in [0, 0.05) is 44.8 Å². The SMILES string of the molecule is CN(CCc1ncccn1)c1nccn2ncnc12. The summed E-state index contributed by atoms with van der Waals surface area (Å²) in [6.45, 7) is 0.767. The third-order valence-electron chi connectivity index (χ3n) is 2.83. The van der Waals surface area contributed by atoms with Gasteiger partial charge in [0.25, 0.3) is 0 Å². The van der Waals surface area contributed by atoms with Gasteiger partial charge in [-0.1, -0.05) is 0 Å². The van der Waals surface area contributed by atoms with Crippen molar-refractivity contribution >= 4 is 11.5 Å². The van der Waals surface area contributed by atoms with Crippen LogP contribution in [0.4, 0.5) is 5.82 Å². The molecule has 3 heterocycles. The Labute approximate surface area is 110 Å². The highest BCUT2D eigenvalue weighted by Gasteiger charge is 2.10. The molecule has 0 spiro atoms. The van der Waals surface area contributed by atoms with Crippen LogP contribution in [0.25, 0.3) is 5.65 Å². The molecule has 3 aromatic rings. The lowest BCUT2D eigenvalue weighted by Gasteiger charge is -2.17. The van der Waals surface area contributed by atoms with E-state index < -0.39 is 0 Å². The van der Waals surface area contributed by atoms with Gasteiger partial charge in [0.05, 0.1) is 0 Å². The maximum Gasteiger partial charge on any atom is 0.198 e. The molecule has 0 amide bonds. The Morgan fingerprint density at radius 3 is 2.79 bits per heavy atom. The van der Waals surface area contributed by atoms with E-state index in [9.17, 15) is 0 Å². The van der Waals surface area contributed by atoms with Gasteiger partial charge in [-0.05, 0) is 6.07 Å². The van der Waals surface area contributed by atoms with Gasteiger partial charge in [-0.25, -0.2) is 24.5 Å². The van der Waals surface area contributed by atoms with E-state index in [1.807, 2.05) is 18.0 Å². The quantitative estimate of drug-likeness (QED) is 0.679. The summed E-state index contributed by atoms with van der Waals surface area (Å²) < 4.78 is 1.71. The first-order chi connectivity index (χ1) is 9.34. The molecule has 7 heteroatoms. The molecule has 0 aromatic carbocycles. The zero-order chi connectivity index (χ0) is 13.1. The predicted molar refractivity (Wildman–Crippen MR) is 69.8 cm³/mol. The monoisotopic (exact) mass is 255 g/mol. The summed E-state index contributed by atoms with van der Waals surface area (Å²) in [6, 6.07) is 1.81. The van der Waals surface area contributed by atoms with Gasteiger partial charge in [0.2, 0.25) is 0 Å². The molecule has 0 saturated heterocycles. The van der Waals surface area contributed by atoms with Crippen LogP contribution in [-0.4, -0.2) is 43.1 Å². The number of hydrogen-bond donors (Lipinski definition) is 0. The first-order valence-electron chi connectivity index (χ1n) is 5.96. The summed E-state index contributed by atoms with van der Waals surface area (Å²) in [7, 11) is 1.97. The summed E-state index contributed by atoms with van der Waals surface area (Å²) in [4.78, 5) is 19.0. The van der Waals surface area contributed by atoms with Crippen molar-refractivity contribution in [2.24, 2.45) is 0 Å². The van der Waals surface area contributed by atoms with Crippen molar-refractivity contribution in [3.63, 3.8) is 0 Å². The van der Waals surface area contributed by atoms with Crippen LogP contribution in [0, 0.1) is 0 Å². The largest absolute Gasteiger partial charge is 0.356 e. The zero-order valence-electron chi connectivity index (χ0n) is 10.5. The Kier molecular flexibility index (Phi) is 3.01. The second-order valence-corrected chi connectivity index (χ2v) is 4.12. The molecule has 0 aliphatic heterocycles. The van der Waals surface area contributed by atoms with Gasteiger partial charge in [0.15, 0.2) is 11.5 Å². The van der Waals surface area contributed by atoms with Crippen molar-refractivity contribution in [1.29, 1.82) is 0 Å². The van der Waals surface area contributed by atoms with E-state index in [0.29, 0.717) is 0 Å². The minimum Gasteiger partial charge on any atom is -0.356 e. The van der Waals surface area contributed by atoms with Gasteiger partial charge >= 0.3 is 0 Å². The first-order valence-corrected chi connectivity index (χ1v) is 5.96. The summed E-state index contributed by atoms with van der Waals surface area (Å²) in [6.07, 6.45) is 9.27. The Morgan fingerprint density at radius 1 is 1.11 bits per heavy atom. The normalized spacial score (nSPS) is 10.8. The summed E-state index contributed by atoms with van der Waals surface area (Å²) in [5.74, 6) is 1.62. The average molecular weight is 255 g/mol. The molecule has 0 N–H and O–H groups in total. The van der Waals surface area contributed by atoms with E-state index in [2.05, 4.69) is 25.0 Å². The van der Waals surface area contributed by atoms with Gasteiger partial charge in [-0.2, -0.15) is 5.10 Å². The van der Waals surface area contributed by atoms with Crippen molar-refractivity contribution < 1.29 is 0 Å². The molecular weight excluding hydrogens is 242 g/mol. The van der Waals surface area contributed by atoms with E-state index in [-0.39, 0.29) is 0 Å². The lowest BCUT2D eigenvalue weighted by molar-refractivity contribution is 0.804. The standard InChI is InChI=1S/C12H13N7/c1-18(7-3-10-13-4-2-5-14-10)11-12-16-9-17-19(12)8-6-15-11/h2,4-6,8-9H,3,7H2,1H3. The minimum atomic E-state index is 0.749. The number of nitrogens with zero attached hydrogens (tertiary/aromatic N) is 7. The fourth-order valence-corrected chi connectivity index (χ4v) is 1.85. The molecule has 3 aromatic heterocycles. The molecule has 7 nitrogen and oxygen atoms in total. The van der Waals surface area contributed by atoms with Crippen molar-refractivity contribution in [3.8, 4) is 0 Å². The molecule has 96 valence electrons. The molecule has 0 unspecified atom stereocenters. The molecule has 19 heavy (non-hydrogen) atoms. The zero-order valence-corrected chi connectivity index (χ0v) is 10.5. The number of aromatic nitrogens is 6. The average Bonchev–Trinajstić information content (AvgIpc) is 2.94.